The van der Waals surface area contributed by atoms with Crippen molar-refractivity contribution < 1.29 is 4.79 Å². The van der Waals surface area contributed by atoms with E-state index < -0.39 is 0 Å². The summed E-state index contributed by atoms with van der Waals surface area (Å²) >= 11 is 5.10. The SMILES string of the molecule is Cc1cc(C(=O)N2CCCC2CBr)sc1C. The Hall–Kier alpha value is -0.350. The average Bonchev–Trinajstić information content (AvgIpc) is 2.85. The van der Waals surface area contributed by atoms with Crippen LogP contribution in [0.15, 0.2) is 6.07 Å². The lowest BCUT2D eigenvalue weighted by atomic mass is 10.2. The highest BCUT2D eigenvalue weighted by molar-refractivity contribution is 9.09. The summed E-state index contributed by atoms with van der Waals surface area (Å²) in [5.41, 5.74) is 1.22. The van der Waals surface area contributed by atoms with Gasteiger partial charge in [0.05, 0.1) is 4.88 Å². The molecule has 0 N–H and O–H groups in total. The second-order valence-electron chi connectivity index (χ2n) is 4.30. The van der Waals surface area contributed by atoms with Gasteiger partial charge in [-0.05, 0) is 38.3 Å². The quantitative estimate of drug-likeness (QED) is 0.767. The minimum atomic E-state index is 0.211. The molecule has 88 valence electrons. The molecular weight excluding hydrogens is 286 g/mol. The molecule has 0 spiro atoms. The summed E-state index contributed by atoms with van der Waals surface area (Å²) in [5.74, 6) is 0.211. The van der Waals surface area contributed by atoms with Crippen molar-refractivity contribution in [2.24, 2.45) is 0 Å². The summed E-state index contributed by atoms with van der Waals surface area (Å²) in [6, 6.07) is 2.40. The number of aryl methyl sites for hydroxylation is 2. The van der Waals surface area contributed by atoms with Crippen molar-refractivity contribution in [3.63, 3.8) is 0 Å². The molecule has 1 fully saturated rings. The standard InChI is InChI=1S/C12H16BrNOS/c1-8-6-11(16-9(8)2)12(15)14-5-3-4-10(14)7-13/h6,10H,3-5,7H2,1-2H3. The highest BCUT2D eigenvalue weighted by atomic mass is 79.9. The van der Waals surface area contributed by atoms with E-state index in [-0.39, 0.29) is 5.91 Å². The topological polar surface area (TPSA) is 20.3 Å². The van der Waals surface area contributed by atoms with Crippen LogP contribution in [0.2, 0.25) is 0 Å². The van der Waals surface area contributed by atoms with Gasteiger partial charge in [0, 0.05) is 22.8 Å². The van der Waals surface area contributed by atoms with E-state index >= 15 is 0 Å². The summed E-state index contributed by atoms with van der Waals surface area (Å²) in [4.78, 5) is 16.5. The maximum absolute atomic E-state index is 12.3. The molecule has 1 aliphatic rings. The lowest BCUT2D eigenvalue weighted by Gasteiger charge is -2.22. The first-order chi connectivity index (χ1) is 7.63. The monoisotopic (exact) mass is 301 g/mol. The molecule has 0 aliphatic carbocycles. The molecule has 1 amide bonds. The predicted molar refractivity (Wildman–Crippen MR) is 71.6 cm³/mol. The zero-order valence-corrected chi connectivity index (χ0v) is 12.0. The Labute approximate surface area is 109 Å². The minimum absolute atomic E-state index is 0.211. The van der Waals surface area contributed by atoms with Gasteiger partial charge in [-0.25, -0.2) is 0 Å². The normalized spacial score (nSPS) is 20.4. The van der Waals surface area contributed by atoms with E-state index in [1.54, 1.807) is 11.3 Å². The van der Waals surface area contributed by atoms with Crippen molar-refractivity contribution in [2.45, 2.75) is 32.7 Å². The first-order valence-corrected chi connectivity index (χ1v) is 7.51. The molecule has 1 aromatic rings. The molecule has 0 radical (unpaired) electrons. The fourth-order valence-corrected chi connectivity index (χ4v) is 3.75. The molecule has 2 heterocycles. The van der Waals surface area contributed by atoms with Crippen molar-refractivity contribution in [1.82, 2.24) is 4.90 Å². The molecule has 1 aromatic heterocycles. The highest BCUT2D eigenvalue weighted by Crippen LogP contribution is 2.26. The van der Waals surface area contributed by atoms with Gasteiger partial charge in [-0.1, -0.05) is 15.9 Å². The van der Waals surface area contributed by atoms with Gasteiger partial charge >= 0.3 is 0 Å². The van der Waals surface area contributed by atoms with E-state index in [1.165, 1.54) is 10.4 Å². The Kier molecular flexibility index (Phi) is 3.70. The van der Waals surface area contributed by atoms with E-state index in [9.17, 15) is 4.79 Å². The Morgan fingerprint density at radius 1 is 1.62 bits per heavy atom. The number of halogens is 1. The number of carbonyl (C=O) groups is 1. The number of carbonyl (C=O) groups excluding carboxylic acids is 1. The first kappa shape index (κ1) is 12.1. The summed E-state index contributed by atoms with van der Waals surface area (Å²) in [5, 5.41) is 0.891. The van der Waals surface area contributed by atoms with Gasteiger partial charge in [-0.2, -0.15) is 0 Å². The Bertz CT molecular complexity index is 382. The zero-order chi connectivity index (χ0) is 11.7. The van der Waals surface area contributed by atoms with Crippen LogP contribution in [-0.4, -0.2) is 28.7 Å². The van der Waals surface area contributed by atoms with Crippen LogP contribution in [0.25, 0.3) is 0 Å². The van der Waals surface area contributed by atoms with Crippen molar-refractivity contribution in [1.29, 1.82) is 0 Å². The maximum Gasteiger partial charge on any atom is 0.264 e. The highest BCUT2D eigenvalue weighted by Gasteiger charge is 2.29. The largest absolute Gasteiger partial charge is 0.334 e. The van der Waals surface area contributed by atoms with Crippen LogP contribution in [0, 0.1) is 13.8 Å². The van der Waals surface area contributed by atoms with E-state index in [4.69, 9.17) is 0 Å². The smallest absolute Gasteiger partial charge is 0.264 e. The van der Waals surface area contributed by atoms with Gasteiger partial charge in [0.15, 0.2) is 0 Å². The van der Waals surface area contributed by atoms with Crippen LogP contribution in [0.5, 0.6) is 0 Å². The van der Waals surface area contributed by atoms with Crippen molar-refractivity contribution in [2.75, 3.05) is 11.9 Å². The molecule has 1 atom stereocenters. The van der Waals surface area contributed by atoms with Crippen LogP contribution >= 0.6 is 27.3 Å². The minimum Gasteiger partial charge on any atom is -0.334 e. The van der Waals surface area contributed by atoms with Crippen LogP contribution in [0.4, 0.5) is 0 Å². The molecule has 1 aliphatic heterocycles. The van der Waals surface area contributed by atoms with Gasteiger partial charge in [0.1, 0.15) is 0 Å². The maximum atomic E-state index is 12.3. The molecule has 0 aromatic carbocycles. The van der Waals surface area contributed by atoms with Gasteiger partial charge in [-0.3, -0.25) is 4.79 Å². The third kappa shape index (κ3) is 2.18. The summed E-state index contributed by atoms with van der Waals surface area (Å²) in [6.45, 7) is 5.04. The number of likely N-dealkylation sites (tertiary alicyclic amines) is 1. The van der Waals surface area contributed by atoms with Crippen LogP contribution < -0.4 is 0 Å². The Balaban J connectivity index is 2.18. The zero-order valence-electron chi connectivity index (χ0n) is 9.62. The van der Waals surface area contributed by atoms with Crippen LogP contribution in [0.3, 0.4) is 0 Å². The Morgan fingerprint density at radius 3 is 2.94 bits per heavy atom. The fourth-order valence-electron chi connectivity index (χ4n) is 2.08. The number of hydrogen-bond donors (Lipinski definition) is 0. The summed E-state index contributed by atoms with van der Waals surface area (Å²) < 4.78 is 0. The summed E-state index contributed by atoms with van der Waals surface area (Å²) in [6.07, 6.45) is 2.26. The molecule has 4 heteroatoms. The van der Waals surface area contributed by atoms with E-state index in [0.717, 1.165) is 29.6 Å². The number of rotatable bonds is 2. The van der Waals surface area contributed by atoms with Gasteiger partial charge in [0.25, 0.3) is 5.91 Å². The third-order valence-electron chi connectivity index (χ3n) is 3.19. The van der Waals surface area contributed by atoms with Gasteiger partial charge < -0.3 is 4.90 Å². The number of nitrogens with zero attached hydrogens (tertiary/aromatic N) is 1. The molecule has 0 saturated carbocycles. The predicted octanol–water partition coefficient (Wildman–Crippen LogP) is 3.36. The number of thiophene rings is 1. The van der Waals surface area contributed by atoms with Crippen molar-refractivity contribution in [3.05, 3.63) is 21.4 Å². The average molecular weight is 302 g/mol. The van der Waals surface area contributed by atoms with Crippen LogP contribution in [0.1, 0.15) is 33.0 Å². The fraction of sp³-hybridized carbons (Fsp3) is 0.583. The summed E-state index contributed by atoms with van der Waals surface area (Å²) in [7, 11) is 0. The number of alkyl halides is 1. The lowest BCUT2D eigenvalue weighted by molar-refractivity contribution is 0.0755. The molecule has 2 nitrogen and oxygen atoms in total. The molecule has 1 unspecified atom stereocenters. The van der Waals surface area contributed by atoms with Gasteiger partial charge in [0.2, 0.25) is 0 Å². The van der Waals surface area contributed by atoms with Crippen molar-refractivity contribution >= 4 is 33.2 Å². The molecule has 16 heavy (non-hydrogen) atoms. The molecule has 2 rings (SSSR count). The molecule has 1 saturated heterocycles. The lowest BCUT2D eigenvalue weighted by Crippen LogP contribution is -2.35. The molecular formula is C12H16BrNOS. The Morgan fingerprint density at radius 2 is 2.38 bits per heavy atom. The van der Waals surface area contributed by atoms with E-state index in [0.29, 0.717) is 6.04 Å². The van der Waals surface area contributed by atoms with Crippen LogP contribution in [-0.2, 0) is 0 Å². The molecule has 0 bridgehead atoms. The first-order valence-electron chi connectivity index (χ1n) is 5.57. The van der Waals surface area contributed by atoms with Gasteiger partial charge in [-0.15, -0.1) is 11.3 Å². The number of amides is 1. The van der Waals surface area contributed by atoms with E-state index in [2.05, 4.69) is 29.8 Å². The van der Waals surface area contributed by atoms with Crippen molar-refractivity contribution in [3.8, 4) is 0 Å². The number of hydrogen-bond acceptors (Lipinski definition) is 2. The van der Waals surface area contributed by atoms with E-state index in [1.807, 2.05) is 11.0 Å². The third-order valence-corrected chi connectivity index (χ3v) is 5.08. The second-order valence-corrected chi connectivity index (χ2v) is 6.20. The second kappa shape index (κ2) is 4.88.